The van der Waals surface area contributed by atoms with E-state index in [2.05, 4.69) is 15.3 Å². The van der Waals surface area contributed by atoms with Crippen molar-refractivity contribution in [3.05, 3.63) is 78.2 Å². The van der Waals surface area contributed by atoms with Crippen LogP contribution in [-0.2, 0) is 0 Å². The smallest absolute Gasteiger partial charge is 0.182 e. The fourth-order valence-electron chi connectivity index (χ4n) is 3.44. The lowest BCUT2D eigenvalue weighted by Gasteiger charge is -2.31. The van der Waals surface area contributed by atoms with Crippen LogP contribution in [-0.4, -0.2) is 47.6 Å². The summed E-state index contributed by atoms with van der Waals surface area (Å²) in [6.07, 6.45) is 5.22. The molecule has 1 saturated heterocycles. The van der Waals surface area contributed by atoms with E-state index in [1.807, 2.05) is 59.4 Å². The number of hydrogen-bond donors (Lipinski definition) is 2. The lowest BCUT2D eigenvalue weighted by atomic mass is 10.0. The van der Waals surface area contributed by atoms with Crippen molar-refractivity contribution < 1.29 is 4.74 Å². The van der Waals surface area contributed by atoms with Crippen molar-refractivity contribution in [3.8, 4) is 11.5 Å². The van der Waals surface area contributed by atoms with Crippen LogP contribution in [0.4, 0.5) is 5.82 Å². The van der Waals surface area contributed by atoms with Gasteiger partial charge in [0.2, 0.25) is 0 Å². The minimum absolute atomic E-state index is 0.197. The second kappa shape index (κ2) is 8.88. The summed E-state index contributed by atoms with van der Waals surface area (Å²) >= 11 is 0. The van der Waals surface area contributed by atoms with Gasteiger partial charge in [-0.3, -0.25) is 5.41 Å². The summed E-state index contributed by atoms with van der Waals surface area (Å²) < 4.78 is 5.91. The van der Waals surface area contributed by atoms with Gasteiger partial charge in [-0.1, -0.05) is 30.3 Å². The van der Waals surface area contributed by atoms with Crippen LogP contribution < -0.4 is 10.1 Å². The number of para-hydroxylation sites is 1. The molecule has 0 spiro atoms. The molecule has 4 rings (SSSR count). The molecule has 1 atom stereocenters. The second-order valence-electron chi connectivity index (χ2n) is 7.08. The predicted molar refractivity (Wildman–Crippen MR) is 115 cm³/mol. The zero-order valence-corrected chi connectivity index (χ0v) is 16.1. The van der Waals surface area contributed by atoms with E-state index in [-0.39, 0.29) is 6.04 Å². The van der Waals surface area contributed by atoms with Crippen LogP contribution in [0.1, 0.15) is 24.0 Å². The number of nitrogens with zero attached hydrogens (tertiary/aromatic N) is 3. The monoisotopic (exact) mass is 383 g/mol. The largest absolute Gasteiger partial charge is 0.457 e. The quantitative estimate of drug-likeness (QED) is 0.502. The highest BCUT2D eigenvalue weighted by Crippen LogP contribution is 2.25. The van der Waals surface area contributed by atoms with Gasteiger partial charge in [0.25, 0.3) is 0 Å². The third-order valence-corrected chi connectivity index (χ3v) is 4.88. The van der Waals surface area contributed by atoms with E-state index in [4.69, 9.17) is 18.1 Å². The van der Waals surface area contributed by atoms with Crippen molar-refractivity contribution in [1.29, 1.82) is 5.41 Å². The Balaban J connectivity index is 1.54. The van der Waals surface area contributed by atoms with E-state index in [0.717, 1.165) is 37.2 Å². The van der Waals surface area contributed by atoms with Gasteiger partial charge >= 0.3 is 0 Å². The Labute approximate surface area is 171 Å². The Kier molecular flexibility index (Phi) is 5.86. The summed E-state index contributed by atoms with van der Waals surface area (Å²) in [6.45, 7) is 1.65. The van der Waals surface area contributed by atoms with Gasteiger partial charge in [0.05, 0.1) is 11.3 Å². The minimum Gasteiger partial charge on any atom is -0.457 e. The van der Waals surface area contributed by atoms with Crippen molar-refractivity contribution in [2.24, 2.45) is 0 Å². The zero-order valence-electron chi connectivity index (χ0n) is 16.1. The molecule has 0 saturated carbocycles. The molecule has 7 heteroatoms. The van der Waals surface area contributed by atoms with Gasteiger partial charge in [-0.25, -0.2) is 9.97 Å². The molecular formula is C22H22BN5O. The van der Waals surface area contributed by atoms with Gasteiger partial charge in [0.15, 0.2) is 7.98 Å². The van der Waals surface area contributed by atoms with Gasteiger partial charge in [0.1, 0.15) is 23.6 Å². The standard InChI is InChI=1S/C22H22BN5O/c23-28-11-5-7-17(14-28)27-22-20(13-25-15-26-22)21(24)16-6-4-10-19(12-16)29-18-8-2-1-3-9-18/h1-4,6,8-10,12-13,15,17,24H,5,7,11,14H2,(H,25,26,27)/t17-/m1/s1. The molecule has 6 nitrogen and oxygen atoms in total. The molecule has 1 aliphatic heterocycles. The molecule has 3 aromatic rings. The lowest BCUT2D eigenvalue weighted by molar-refractivity contribution is 0.343. The fraction of sp³-hybridized carbons (Fsp3) is 0.227. The number of benzene rings is 2. The summed E-state index contributed by atoms with van der Waals surface area (Å²) in [5.74, 6) is 2.08. The van der Waals surface area contributed by atoms with E-state index in [0.29, 0.717) is 22.8 Å². The molecule has 144 valence electrons. The van der Waals surface area contributed by atoms with Crippen LogP contribution in [0, 0.1) is 5.41 Å². The molecule has 1 aromatic heterocycles. The molecular weight excluding hydrogens is 361 g/mol. The minimum atomic E-state index is 0.197. The van der Waals surface area contributed by atoms with E-state index in [9.17, 15) is 0 Å². The fourth-order valence-corrected chi connectivity index (χ4v) is 3.44. The molecule has 0 amide bonds. The molecule has 0 bridgehead atoms. The third-order valence-electron chi connectivity index (χ3n) is 4.88. The molecule has 2 N–H and O–H groups in total. The molecule has 2 heterocycles. The highest BCUT2D eigenvalue weighted by Gasteiger charge is 2.20. The Morgan fingerprint density at radius 2 is 1.97 bits per heavy atom. The van der Waals surface area contributed by atoms with Crippen LogP contribution in [0.3, 0.4) is 0 Å². The van der Waals surface area contributed by atoms with Gasteiger partial charge in [-0.05, 0) is 43.7 Å². The first-order valence-electron chi connectivity index (χ1n) is 9.67. The maximum Gasteiger partial charge on any atom is 0.182 e. The SMILES string of the molecule is [B]N1CCC[C@@H](Nc2ncncc2C(=N)c2cccc(Oc3ccccc3)c2)C1. The molecule has 29 heavy (non-hydrogen) atoms. The highest BCUT2D eigenvalue weighted by atomic mass is 16.5. The highest BCUT2D eigenvalue weighted by molar-refractivity contribution is 6.13. The van der Waals surface area contributed by atoms with Crippen LogP contribution in [0.5, 0.6) is 11.5 Å². The van der Waals surface area contributed by atoms with E-state index >= 15 is 0 Å². The summed E-state index contributed by atoms with van der Waals surface area (Å²) in [5.41, 5.74) is 1.73. The van der Waals surface area contributed by atoms with E-state index < -0.39 is 0 Å². The first kappa shape index (κ1) is 19.1. The van der Waals surface area contributed by atoms with Crippen molar-refractivity contribution in [3.63, 3.8) is 0 Å². The van der Waals surface area contributed by atoms with Crippen LogP contribution >= 0.6 is 0 Å². The number of rotatable bonds is 6. The Hall–Kier alpha value is -3.19. The van der Waals surface area contributed by atoms with E-state index in [1.54, 1.807) is 6.20 Å². The number of piperidine rings is 1. The number of nitrogens with one attached hydrogen (secondary N) is 2. The number of anilines is 1. The molecule has 2 aromatic carbocycles. The topological polar surface area (TPSA) is 74.1 Å². The first-order valence-corrected chi connectivity index (χ1v) is 9.67. The molecule has 0 unspecified atom stereocenters. The molecule has 1 fully saturated rings. The summed E-state index contributed by atoms with van der Waals surface area (Å²) in [7, 11) is 5.95. The Morgan fingerprint density at radius 3 is 2.79 bits per heavy atom. The second-order valence-corrected chi connectivity index (χ2v) is 7.08. The first-order chi connectivity index (χ1) is 14.2. The maximum atomic E-state index is 8.73. The molecule has 1 aliphatic rings. The summed E-state index contributed by atoms with van der Waals surface area (Å²) in [4.78, 5) is 10.3. The number of aromatic nitrogens is 2. The van der Waals surface area contributed by atoms with E-state index in [1.165, 1.54) is 6.33 Å². The summed E-state index contributed by atoms with van der Waals surface area (Å²) in [5, 5.41) is 12.2. The van der Waals surface area contributed by atoms with Gasteiger partial charge in [-0.15, -0.1) is 0 Å². The average Bonchev–Trinajstić information content (AvgIpc) is 2.75. The van der Waals surface area contributed by atoms with Crippen molar-refractivity contribution in [2.75, 3.05) is 18.4 Å². The van der Waals surface area contributed by atoms with Crippen LogP contribution in [0.15, 0.2) is 67.1 Å². The zero-order chi connectivity index (χ0) is 20.1. The van der Waals surface area contributed by atoms with Crippen molar-refractivity contribution in [2.45, 2.75) is 18.9 Å². The maximum absolute atomic E-state index is 8.73. The lowest BCUT2D eigenvalue weighted by Crippen LogP contribution is -2.41. The average molecular weight is 383 g/mol. The number of hydrogen-bond acceptors (Lipinski definition) is 6. The third kappa shape index (κ3) is 4.81. The molecule has 0 aliphatic carbocycles. The predicted octanol–water partition coefficient (Wildman–Crippen LogP) is 3.64. The van der Waals surface area contributed by atoms with Gasteiger partial charge in [0, 0.05) is 24.3 Å². The van der Waals surface area contributed by atoms with Crippen LogP contribution in [0.2, 0.25) is 0 Å². The normalized spacial score (nSPS) is 16.9. The molecule has 2 radical (unpaired) electrons. The number of ether oxygens (including phenoxy) is 1. The van der Waals surface area contributed by atoms with Gasteiger partial charge < -0.3 is 14.9 Å². The van der Waals surface area contributed by atoms with Crippen molar-refractivity contribution >= 4 is 19.5 Å². The van der Waals surface area contributed by atoms with Crippen molar-refractivity contribution in [1.82, 2.24) is 14.8 Å². The Bertz CT molecular complexity index is 982. The van der Waals surface area contributed by atoms with Crippen LogP contribution in [0.25, 0.3) is 0 Å². The summed E-state index contributed by atoms with van der Waals surface area (Å²) in [6, 6.07) is 17.3. The van der Waals surface area contributed by atoms with Gasteiger partial charge in [-0.2, -0.15) is 0 Å². The Morgan fingerprint density at radius 1 is 1.14 bits per heavy atom.